The van der Waals surface area contributed by atoms with Gasteiger partial charge in [-0.2, -0.15) is 4.31 Å². The number of nitrogens with one attached hydrogen (secondary N) is 1. The number of amides is 1. The lowest BCUT2D eigenvalue weighted by Crippen LogP contribution is -2.57. The number of sulfonamides is 1. The summed E-state index contributed by atoms with van der Waals surface area (Å²) in [6, 6.07) is 1.51. The zero-order valence-corrected chi connectivity index (χ0v) is 16.0. The second-order valence-electron chi connectivity index (χ2n) is 6.93. The van der Waals surface area contributed by atoms with Crippen molar-refractivity contribution < 1.29 is 17.7 Å². The van der Waals surface area contributed by atoms with E-state index in [1.54, 1.807) is 6.07 Å². The minimum Gasteiger partial charge on any atom is -0.336 e. The lowest BCUT2D eigenvalue weighted by Gasteiger charge is -2.40. The normalized spacial score (nSPS) is 22.5. The van der Waals surface area contributed by atoms with Crippen LogP contribution < -0.4 is 5.32 Å². The zero-order valence-electron chi connectivity index (χ0n) is 15.2. The molecule has 1 amide bonds. The maximum absolute atomic E-state index is 13.2. The molecule has 4 rings (SSSR count). The van der Waals surface area contributed by atoms with E-state index in [0.29, 0.717) is 49.4 Å². The van der Waals surface area contributed by atoms with Crippen LogP contribution in [0.5, 0.6) is 0 Å². The van der Waals surface area contributed by atoms with Crippen LogP contribution in [0.3, 0.4) is 0 Å². The van der Waals surface area contributed by atoms with Gasteiger partial charge < -0.3 is 14.7 Å². The highest BCUT2D eigenvalue weighted by atomic mass is 32.2. The van der Waals surface area contributed by atoms with E-state index in [2.05, 4.69) is 15.5 Å². The molecule has 2 aliphatic heterocycles. The SMILES string of the molecule is CCc1noc2ncc(S(=O)(=O)N3CCCC(N4CCNCC4=O)C3)cc12. The van der Waals surface area contributed by atoms with Crippen LogP contribution in [-0.4, -0.2) is 72.4 Å². The summed E-state index contributed by atoms with van der Waals surface area (Å²) in [4.78, 5) is 18.3. The Bertz CT molecular complexity index is 957. The molecule has 0 spiro atoms. The molecular weight excluding hydrogens is 370 g/mol. The van der Waals surface area contributed by atoms with Gasteiger partial charge in [-0.15, -0.1) is 0 Å². The molecule has 9 nitrogen and oxygen atoms in total. The van der Waals surface area contributed by atoms with Crippen molar-refractivity contribution in [2.24, 2.45) is 0 Å². The van der Waals surface area contributed by atoms with Gasteiger partial charge in [-0.3, -0.25) is 4.79 Å². The summed E-state index contributed by atoms with van der Waals surface area (Å²) in [5, 5.41) is 7.61. The van der Waals surface area contributed by atoms with Crippen molar-refractivity contribution in [2.75, 3.05) is 32.7 Å². The number of nitrogens with zero attached hydrogens (tertiary/aromatic N) is 4. The van der Waals surface area contributed by atoms with Crippen molar-refractivity contribution in [2.45, 2.75) is 37.1 Å². The Morgan fingerprint density at radius 2 is 2.22 bits per heavy atom. The molecule has 2 saturated heterocycles. The van der Waals surface area contributed by atoms with E-state index in [0.717, 1.165) is 19.4 Å². The predicted octanol–water partition coefficient (Wildman–Crippen LogP) is 0.370. The molecule has 2 aromatic rings. The summed E-state index contributed by atoms with van der Waals surface area (Å²) in [5.74, 6) is 0.0330. The molecule has 0 aromatic carbocycles. The minimum absolute atomic E-state index is 0.0330. The van der Waals surface area contributed by atoms with Gasteiger partial charge in [0.15, 0.2) is 0 Å². The minimum atomic E-state index is -3.70. The molecule has 1 atom stereocenters. The topological polar surface area (TPSA) is 109 Å². The summed E-state index contributed by atoms with van der Waals surface area (Å²) < 4.78 is 33.0. The summed E-state index contributed by atoms with van der Waals surface area (Å²) >= 11 is 0. The Labute approximate surface area is 157 Å². The largest absolute Gasteiger partial charge is 0.336 e. The van der Waals surface area contributed by atoms with Crippen LogP contribution in [0.1, 0.15) is 25.5 Å². The zero-order chi connectivity index (χ0) is 19.0. The number of pyridine rings is 1. The first-order valence-electron chi connectivity index (χ1n) is 9.25. The second kappa shape index (κ2) is 7.17. The molecule has 2 fully saturated rings. The summed E-state index contributed by atoms with van der Waals surface area (Å²) in [6.45, 7) is 4.36. The first-order chi connectivity index (χ1) is 13.0. The van der Waals surface area contributed by atoms with Gasteiger partial charge in [0.2, 0.25) is 15.9 Å². The van der Waals surface area contributed by atoms with E-state index in [4.69, 9.17) is 4.52 Å². The number of hydrogen-bond donors (Lipinski definition) is 1. The first kappa shape index (κ1) is 18.3. The first-order valence-corrected chi connectivity index (χ1v) is 10.7. The molecule has 0 radical (unpaired) electrons. The number of aryl methyl sites for hydroxylation is 1. The lowest BCUT2D eigenvalue weighted by atomic mass is 10.1. The predicted molar refractivity (Wildman–Crippen MR) is 97.5 cm³/mol. The summed E-state index contributed by atoms with van der Waals surface area (Å²) in [5.41, 5.74) is 1.03. The average molecular weight is 393 g/mol. The molecule has 10 heteroatoms. The maximum atomic E-state index is 13.2. The molecule has 0 aliphatic carbocycles. The molecule has 27 heavy (non-hydrogen) atoms. The average Bonchev–Trinajstić information content (AvgIpc) is 3.11. The number of carbonyl (C=O) groups excluding carboxylic acids is 1. The fraction of sp³-hybridized carbons (Fsp3) is 0.588. The number of hydrogen-bond acceptors (Lipinski definition) is 7. The summed E-state index contributed by atoms with van der Waals surface area (Å²) in [7, 11) is -3.70. The lowest BCUT2D eigenvalue weighted by molar-refractivity contribution is -0.135. The van der Waals surface area contributed by atoms with E-state index in [9.17, 15) is 13.2 Å². The number of carbonyl (C=O) groups is 1. The van der Waals surface area contributed by atoms with Crippen LogP contribution in [0, 0.1) is 0 Å². The highest BCUT2D eigenvalue weighted by Crippen LogP contribution is 2.26. The van der Waals surface area contributed by atoms with Crippen molar-refractivity contribution >= 4 is 27.0 Å². The van der Waals surface area contributed by atoms with Crippen LogP contribution in [0.15, 0.2) is 21.7 Å². The van der Waals surface area contributed by atoms with E-state index >= 15 is 0 Å². The molecule has 0 saturated carbocycles. The van der Waals surface area contributed by atoms with Crippen LogP contribution in [0.4, 0.5) is 0 Å². The Morgan fingerprint density at radius 1 is 1.37 bits per heavy atom. The Balaban J connectivity index is 1.60. The molecule has 2 aliphatic rings. The smallest absolute Gasteiger partial charge is 0.258 e. The second-order valence-corrected chi connectivity index (χ2v) is 8.87. The van der Waals surface area contributed by atoms with Gasteiger partial charge in [-0.1, -0.05) is 12.1 Å². The maximum Gasteiger partial charge on any atom is 0.258 e. The number of piperazine rings is 1. The van der Waals surface area contributed by atoms with Crippen LogP contribution in [0.2, 0.25) is 0 Å². The van der Waals surface area contributed by atoms with Gasteiger partial charge in [-0.25, -0.2) is 13.4 Å². The Morgan fingerprint density at radius 3 is 3.00 bits per heavy atom. The summed E-state index contributed by atoms with van der Waals surface area (Å²) in [6.07, 6.45) is 3.50. The van der Waals surface area contributed by atoms with Crippen molar-refractivity contribution in [3.05, 3.63) is 18.0 Å². The van der Waals surface area contributed by atoms with E-state index < -0.39 is 10.0 Å². The standard InChI is InChI=1S/C17H23N5O4S/c1-2-15-14-8-13(9-19-17(14)26-20-15)27(24,25)21-6-3-4-12(11-21)22-7-5-18-10-16(22)23/h8-9,12,18H,2-7,10-11H2,1H3. The van der Waals surface area contributed by atoms with Crippen molar-refractivity contribution in [3.63, 3.8) is 0 Å². The highest BCUT2D eigenvalue weighted by molar-refractivity contribution is 7.89. The fourth-order valence-electron chi connectivity index (χ4n) is 3.81. The van der Waals surface area contributed by atoms with Gasteiger partial charge in [0.1, 0.15) is 4.90 Å². The molecule has 0 bridgehead atoms. The molecule has 4 heterocycles. The number of aromatic nitrogens is 2. The van der Waals surface area contributed by atoms with E-state index in [1.165, 1.54) is 10.5 Å². The van der Waals surface area contributed by atoms with Crippen LogP contribution in [-0.2, 0) is 21.2 Å². The van der Waals surface area contributed by atoms with Gasteiger partial charge in [0.25, 0.3) is 5.71 Å². The van der Waals surface area contributed by atoms with Gasteiger partial charge >= 0.3 is 0 Å². The van der Waals surface area contributed by atoms with Gasteiger partial charge in [-0.05, 0) is 25.3 Å². The third kappa shape index (κ3) is 3.32. The third-order valence-electron chi connectivity index (χ3n) is 5.28. The van der Waals surface area contributed by atoms with E-state index in [1.807, 2.05) is 11.8 Å². The monoisotopic (exact) mass is 393 g/mol. The van der Waals surface area contributed by atoms with Gasteiger partial charge in [0.05, 0.1) is 23.8 Å². The highest BCUT2D eigenvalue weighted by Gasteiger charge is 2.35. The molecule has 1 N–H and O–H groups in total. The number of piperidine rings is 1. The fourth-order valence-corrected chi connectivity index (χ4v) is 5.29. The Kier molecular flexibility index (Phi) is 4.87. The van der Waals surface area contributed by atoms with Crippen LogP contribution in [0.25, 0.3) is 11.1 Å². The quantitative estimate of drug-likeness (QED) is 0.799. The molecular formula is C17H23N5O4S. The number of fused-ring (bicyclic) bond motifs is 1. The molecule has 146 valence electrons. The molecule has 2 aromatic heterocycles. The van der Waals surface area contributed by atoms with E-state index in [-0.39, 0.29) is 16.8 Å². The number of rotatable bonds is 4. The third-order valence-corrected chi connectivity index (χ3v) is 7.11. The van der Waals surface area contributed by atoms with Crippen molar-refractivity contribution in [1.82, 2.24) is 24.7 Å². The Hall–Kier alpha value is -2.04. The van der Waals surface area contributed by atoms with Crippen LogP contribution >= 0.6 is 0 Å². The van der Waals surface area contributed by atoms with Crippen molar-refractivity contribution in [1.29, 1.82) is 0 Å². The molecule has 1 unspecified atom stereocenters. The van der Waals surface area contributed by atoms with Gasteiger partial charge in [0, 0.05) is 32.2 Å². The van der Waals surface area contributed by atoms with Crippen molar-refractivity contribution in [3.8, 4) is 0 Å².